The first kappa shape index (κ1) is 12.7. The molecule has 0 unspecified atom stereocenters. The normalized spacial score (nSPS) is 10.5. The fraction of sp³-hybridized carbons (Fsp3) is 0.667. The highest BCUT2D eigenvalue weighted by Gasteiger charge is 1.97. The van der Waals surface area contributed by atoms with Crippen molar-refractivity contribution in [1.29, 1.82) is 0 Å². The van der Waals surface area contributed by atoms with Gasteiger partial charge in [-0.3, -0.25) is 4.98 Å². The van der Waals surface area contributed by atoms with Crippen LogP contribution in [0.4, 0.5) is 11.6 Å². The molecule has 90 valence electrons. The highest BCUT2D eigenvalue weighted by atomic mass is 15.1. The molecule has 0 aliphatic rings. The van der Waals surface area contributed by atoms with E-state index in [1.165, 1.54) is 19.3 Å². The Hall–Kier alpha value is -1.32. The van der Waals surface area contributed by atoms with E-state index in [0.29, 0.717) is 0 Å². The summed E-state index contributed by atoms with van der Waals surface area (Å²) < 4.78 is 0. The van der Waals surface area contributed by atoms with Crippen molar-refractivity contribution in [2.24, 2.45) is 5.92 Å². The molecule has 1 rings (SSSR count). The lowest BCUT2D eigenvalue weighted by Crippen LogP contribution is -2.05. The van der Waals surface area contributed by atoms with Crippen LogP contribution in [-0.2, 0) is 0 Å². The third-order valence-electron chi connectivity index (χ3n) is 2.41. The summed E-state index contributed by atoms with van der Waals surface area (Å²) in [6, 6.07) is 0. The van der Waals surface area contributed by atoms with Crippen molar-refractivity contribution in [3.05, 3.63) is 12.4 Å². The van der Waals surface area contributed by atoms with Crippen molar-refractivity contribution in [2.75, 3.05) is 24.2 Å². The van der Waals surface area contributed by atoms with Crippen LogP contribution in [-0.4, -0.2) is 23.6 Å². The van der Waals surface area contributed by atoms with E-state index in [4.69, 9.17) is 0 Å². The van der Waals surface area contributed by atoms with Crippen molar-refractivity contribution in [2.45, 2.75) is 33.1 Å². The van der Waals surface area contributed by atoms with Gasteiger partial charge in [-0.25, -0.2) is 4.98 Å². The molecule has 4 heteroatoms. The third-order valence-corrected chi connectivity index (χ3v) is 2.41. The van der Waals surface area contributed by atoms with E-state index in [2.05, 4.69) is 34.4 Å². The Morgan fingerprint density at radius 3 is 2.62 bits per heavy atom. The molecule has 0 aromatic carbocycles. The molecule has 0 aliphatic carbocycles. The maximum atomic E-state index is 4.34. The number of hydrogen-bond acceptors (Lipinski definition) is 4. The number of unbranched alkanes of at least 4 members (excludes halogenated alkanes) is 1. The van der Waals surface area contributed by atoms with Crippen molar-refractivity contribution >= 4 is 11.6 Å². The summed E-state index contributed by atoms with van der Waals surface area (Å²) >= 11 is 0. The molecule has 1 aromatic rings. The van der Waals surface area contributed by atoms with Crippen LogP contribution in [0.2, 0.25) is 0 Å². The van der Waals surface area contributed by atoms with Gasteiger partial charge in [-0.05, 0) is 12.3 Å². The Balaban J connectivity index is 2.21. The molecule has 0 bridgehead atoms. The highest BCUT2D eigenvalue weighted by molar-refractivity contribution is 5.40. The Kier molecular flexibility index (Phi) is 5.61. The largest absolute Gasteiger partial charge is 0.372 e. The third kappa shape index (κ3) is 4.96. The minimum absolute atomic E-state index is 0.798. The van der Waals surface area contributed by atoms with Gasteiger partial charge in [-0.2, -0.15) is 0 Å². The van der Waals surface area contributed by atoms with Crippen LogP contribution in [0.5, 0.6) is 0 Å². The van der Waals surface area contributed by atoms with Gasteiger partial charge in [0.25, 0.3) is 0 Å². The molecule has 2 N–H and O–H groups in total. The predicted octanol–water partition coefficient (Wildman–Crippen LogP) is 2.76. The zero-order chi connectivity index (χ0) is 11.8. The molecule has 0 amide bonds. The Morgan fingerprint density at radius 1 is 1.19 bits per heavy atom. The molecule has 1 heterocycles. The second-order valence-corrected chi connectivity index (χ2v) is 4.36. The van der Waals surface area contributed by atoms with Gasteiger partial charge < -0.3 is 10.6 Å². The molecule has 16 heavy (non-hydrogen) atoms. The molecule has 0 fully saturated rings. The van der Waals surface area contributed by atoms with Crippen LogP contribution < -0.4 is 10.6 Å². The van der Waals surface area contributed by atoms with Crippen molar-refractivity contribution in [1.82, 2.24) is 9.97 Å². The number of hydrogen-bond donors (Lipinski definition) is 2. The summed E-state index contributed by atoms with van der Waals surface area (Å²) in [6.07, 6.45) is 7.21. The van der Waals surface area contributed by atoms with Gasteiger partial charge in [0, 0.05) is 13.6 Å². The van der Waals surface area contributed by atoms with E-state index in [9.17, 15) is 0 Å². The second kappa shape index (κ2) is 7.04. The van der Waals surface area contributed by atoms with Crippen LogP contribution in [0.25, 0.3) is 0 Å². The summed E-state index contributed by atoms with van der Waals surface area (Å²) in [5.74, 6) is 2.44. The van der Waals surface area contributed by atoms with Gasteiger partial charge in [0.2, 0.25) is 0 Å². The first-order chi connectivity index (χ1) is 7.72. The van der Waals surface area contributed by atoms with Crippen molar-refractivity contribution < 1.29 is 0 Å². The van der Waals surface area contributed by atoms with Crippen molar-refractivity contribution in [3.63, 3.8) is 0 Å². The minimum Gasteiger partial charge on any atom is -0.372 e. The Bertz CT molecular complexity index is 299. The zero-order valence-electron chi connectivity index (χ0n) is 10.5. The minimum atomic E-state index is 0.798. The van der Waals surface area contributed by atoms with Crippen LogP contribution in [0, 0.1) is 5.92 Å². The lowest BCUT2D eigenvalue weighted by atomic mass is 10.1. The molecule has 4 nitrogen and oxygen atoms in total. The van der Waals surface area contributed by atoms with Gasteiger partial charge in [0.1, 0.15) is 11.6 Å². The molecule has 0 radical (unpaired) electrons. The Morgan fingerprint density at radius 2 is 1.94 bits per heavy atom. The fourth-order valence-electron chi connectivity index (χ4n) is 1.47. The van der Waals surface area contributed by atoms with E-state index >= 15 is 0 Å². The molecular weight excluding hydrogens is 200 g/mol. The van der Waals surface area contributed by atoms with Gasteiger partial charge in [-0.15, -0.1) is 0 Å². The van der Waals surface area contributed by atoms with Gasteiger partial charge in [0.05, 0.1) is 12.4 Å². The van der Waals surface area contributed by atoms with Crippen LogP contribution >= 0.6 is 0 Å². The molecule has 0 atom stereocenters. The second-order valence-electron chi connectivity index (χ2n) is 4.36. The average molecular weight is 222 g/mol. The van der Waals surface area contributed by atoms with E-state index in [-0.39, 0.29) is 0 Å². The first-order valence-electron chi connectivity index (χ1n) is 5.96. The summed E-state index contributed by atoms with van der Waals surface area (Å²) in [5, 5.41) is 6.25. The summed E-state index contributed by atoms with van der Waals surface area (Å²) in [6.45, 7) is 5.49. The van der Waals surface area contributed by atoms with E-state index in [0.717, 1.165) is 24.1 Å². The number of rotatable bonds is 7. The number of aromatic nitrogens is 2. The quantitative estimate of drug-likeness (QED) is 0.696. The van der Waals surface area contributed by atoms with Crippen LogP contribution in [0.3, 0.4) is 0 Å². The first-order valence-corrected chi connectivity index (χ1v) is 5.96. The summed E-state index contributed by atoms with van der Waals surface area (Å²) in [5.41, 5.74) is 0. The summed E-state index contributed by atoms with van der Waals surface area (Å²) in [7, 11) is 1.84. The highest BCUT2D eigenvalue weighted by Crippen LogP contribution is 2.08. The topological polar surface area (TPSA) is 49.8 Å². The fourth-order valence-corrected chi connectivity index (χ4v) is 1.47. The van der Waals surface area contributed by atoms with E-state index in [1.807, 2.05) is 7.05 Å². The average Bonchev–Trinajstić information content (AvgIpc) is 2.28. The maximum Gasteiger partial charge on any atom is 0.146 e. The molecule has 0 saturated heterocycles. The number of nitrogens with zero attached hydrogens (tertiary/aromatic N) is 2. The van der Waals surface area contributed by atoms with Crippen LogP contribution in [0.1, 0.15) is 33.1 Å². The number of anilines is 2. The molecular formula is C12H22N4. The van der Waals surface area contributed by atoms with Gasteiger partial charge >= 0.3 is 0 Å². The lowest BCUT2D eigenvalue weighted by molar-refractivity contribution is 0.544. The molecule has 1 aromatic heterocycles. The van der Waals surface area contributed by atoms with Crippen LogP contribution in [0.15, 0.2) is 12.4 Å². The van der Waals surface area contributed by atoms with Gasteiger partial charge in [-0.1, -0.05) is 26.7 Å². The molecule has 0 aliphatic heterocycles. The monoisotopic (exact) mass is 222 g/mol. The SMILES string of the molecule is CNc1cncc(NCCCCC(C)C)n1. The lowest BCUT2D eigenvalue weighted by Gasteiger charge is -2.07. The van der Waals surface area contributed by atoms with Crippen molar-refractivity contribution in [3.8, 4) is 0 Å². The van der Waals surface area contributed by atoms with E-state index < -0.39 is 0 Å². The standard InChI is InChI=1S/C12H22N4/c1-10(2)6-4-5-7-15-12-9-14-8-11(13-3)16-12/h8-10H,4-7H2,1-3H3,(H2,13,15,16). The van der Waals surface area contributed by atoms with Gasteiger partial charge in [0.15, 0.2) is 0 Å². The smallest absolute Gasteiger partial charge is 0.146 e. The summed E-state index contributed by atoms with van der Waals surface area (Å²) in [4.78, 5) is 8.43. The zero-order valence-corrected chi connectivity index (χ0v) is 10.5. The molecule has 0 saturated carbocycles. The molecule has 0 spiro atoms. The van der Waals surface area contributed by atoms with E-state index in [1.54, 1.807) is 12.4 Å². The Labute approximate surface area is 97.9 Å². The predicted molar refractivity (Wildman–Crippen MR) is 68.8 cm³/mol. The number of nitrogens with one attached hydrogen (secondary N) is 2. The maximum absolute atomic E-state index is 4.34.